The second-order valence-corrected chi connectivity index (χ2v) is 6.98. The maximum absolute atomic E-state index is 13.9. The van der Waals surface area contributed by atoms with Crippen molar-refractivity contribution in [3.8, 4) is 0 Å². The first-order chi connectivity index (χ1) is 11.8. The zero-order chi connectivity index (χ0) is 16.5. The van der Waals surface area contributed by atoms with Crippen molar-refractivity contribution in [2.45, 2.75) is 37.7 Å². The fourth-order valence-corrected chi connectivity index (χ4v) is 4.38. The minimum Gasteiger partial charge on any atom is -0.396 e. The fraction of sp³-hybridized carbons (Fsp3) is 0.429. The highest BCUT2D eigenvalue weighted by Gasteiger charge is 2.42. The maximum Gasteiger partial charge on any atom is 0.123 e. The molecule has 1 heterocycles. The molecule has 3 heteroatoms. The van der Waals surface area contributed by atoms with Gasteiger partial charge in [-0.2, -0.15) is 0 Å². The zero-order valence-electron chi connectivity index (χ0n) is 13.7. The molecule has 0 bridgehead atoms. The number of benzene rings is 2. The molecular weight excluding hydrogens is 303 g/mol. The number of rotatable bonds is 4. The molecule has 4 rings (SSSR count). The molecule has 24 heavy (non-hydrogen) atoms. The molecule has 2 aromatic carbocycles. The van der Waals surface area contributed by atoms with E-state index in [2.05, 4.69) is 24.3 Å². The summed E-state index contributed by atoms with van der Waals surface area (Å²) < 4.78 is 20.1. The van der Waals surface area contributed by atoms with E-state index in [9.17, 15) is 4.39 Å². The van der Waals surface area contributed by atoms with Crippen LogP contribution in [0.4, 0.5) is 4.39 Å². The van der Waals surface area contributed by atoms with Gasteiger partial charge in [0.1, 0.15) is 5.82 Å². The lowest BCUT2D eigenvalue weighted by molar-refractivity contribution is 0.101. The van der Waals surface area contributed by atoms with Gasteiger partial charge in [-0.25, -0.2) is 4.39 Å². The van der Waals surface area contributed by atoms with E-state index in [0.717, 1.165) is 31.2 Å². The van der Waals surface area contributed by atoms with E-state index in [1.165, 1.54) is 16.7 Å². The number of unbranched alkanes of at least 4 members (excludes halogenated alkanes) is 1. The summed E-state index contributed by atoms with van der Waals surface area (Å²) in [6.45, 7) is 0.956. The predicted octanol–water partition coefficient (Wildman–Crippen LogP) is 4.36. The van der Waals surface area contributed by atoms with Crippen molar-refractivity contribution in [1.29, 1.82) is 0 Å². The van der Waals surface area contributed by atoms with Gasteiger partial charge in [0.2, 0.25) is 0 Å². The largest absolute Gasteiger partial charge is 0.396 e. The van der Waals surface area contributed by atoms with Gasteiger partial charge in [-0.1, -0.05) is 36.8 Å². The second kappa shape index (κ2) is 6.66. The van der Waals surface area contributed by atoms with Crippen LogP contribution in [-0.2, 0) is 11.2 Å². The zero-order valence-corrected chi connectivity index (χ0v) is 13.7. The van der Waals surface area contributed by atoms with Gasteiger partial charge in [0.15, 0.2) is 0 Å². The van der Waals surface area contributed by atoms with E-state index in [4.69, 9.17) is 9.84 Å². The van der Waals surface area contributed by atoms with E-state index >= 15 is 0 Å². The Morgan fingerprint density at radius 2 is 1.88 bits per heavy atom. The van der Waals surface area contributed by atoms with Crippen molar-refractivity contribution < 1.29 is 14.2 Å². The Morgan fingerprint density at radius 1 is 1.04 bits per heavy atom. The van der Waals surface area contributed by atoms with Crippen molar-refractivity contribution in [1.82, 2.24) is 0 Å². The van der Waals surface area contributed by atoms with Gasteiger partial charge >= 0.3 is 0 Å². The Kier molecular flexibility index (Phi) is 4.38. The normalized spacial score (nSPS) is 24.8. The molecule has 0 saturated carbocycles. The Bertz CT molecular complexity index is 728. The minimum absolute atomic E-state index is 0.0570. The molecular formula is C21H23FO2. The Morgan fingerprint density at radius 3 is 2.75 bits per heavy atom. The number of aliphatic hydroxyl groups is 1. The third-order valence-corrected chi connectivity index (χ3v) is 5.52. The smallest absolute Gasteiger partial charge is 0.123 e. The van der Waals surface area contributed by atoms with Gasteiger partial charge in [-0.15, -0.1) is 0 Å². The topological polar surface area (TPSA) is 29.5 Å². The molecule has 126 valence electrons. The summed E-state index contributed by atoms with van der Waals surface area (Å²) in [6, 6.07) is 13.7. The summed E-state index contributed by atoms with van der Waals surface area (Å²) in [7, 11) is 0. The van der Waals surface area contributed by atoms with Crippen LogP contribution in [0.15, 0.2) is 42.5 Å². The van der Waals surface area contributed by atoms with Crippen LogP contribution in [0.3, 0.4) is 0 Å². The monoisotopic (exact) mass is 326 g/mol. The number of fused-ring (bicyclic) bond motifs is 5. The molecule has 1 N–H and O–H groups in total. The highest BCUT2D eigenvalue weighted by molar-refractivity contribution is 5.45. The van der Waals surface area contributed by atoms with Gasteiger partial charge in [-0.05, 0) is 59.6 Å². The van der Waals surface area contributed by atoms with Crippen LogP contribution in [0.5, 0.6) is 0 Å². The van der Waals surface area contributed by atoms with Gasteiger partial charge < -0.3 is 9.84 Å². The van der Waals surface area contributed by atoms with E-state index < -0.39 is 0 Å². The van der Waals surface area contributed by atoms with Crippen molar-refractivity contribution in [3.05, 3.63) is 70.5 Å². The maximum atomic E-state index is 13.9. The van der Waals surface area contributed by atoms with Gasteiger partial charge in [0.05, 0.1) is 12.7 Å². The van der Waals surface area contributed by atoms with Crippen LogP contribution in [0, 0.1) is 11.7 Å². The summed E-state index contributed by atoms with van der Waals surface area (Å²) in [6.07, 6.45) is 3.66. The third-order valence-electron chi connectivity index (χ3n) is 5.52. The molecule has 0 radical (unpaired) electrons. The summed E-state index contributed by atoms with van der Waals surface area (Å²) in [5.41, 5.74) is 4.87. The minimum atomic E-state index is -0.189. The van der Waals surface area contributed by atoms with Crippen molar-refractivity contribution in [2.75, 3.05) is 13.2 Å². The van der Waals surface area contributed by atoms with Crippen LogP contribution in [0.25, 0.3) is 0 Å². The van der Waals surface area contributed by atoms with E-state index in [-0.39, 0.29) is 24.4 Å². The number of halogens is 1. The van der Waals surface area contributed by atoms with Crippen LogP contribution >= 0.6 is 0 Å². The molecule has 3 atom stereocenters. The Balaban J connectivity index is 1.76. The van der Waals surface area contributed by atoms with Crippen molar-refractivity contribution in [2.24, 2.45) is 5.92 Å². The lowest BCUT2D eigenvalue weighted by Gasteiger charge is -2.24. The van der Waals surface area contributed by atoms with Crippen molar-refractivity contribution >= 4 is 0 Å². The number of hydrogen-bond acceptors (Lipinski definition) is 2. The van der Waals surface area contributed by atoms with Gasteiger partial charge in [0.25, 0.3) is 0 Å². The van der Waals surface area contributed by atoms with E-state index in [1.807, 2.05) is 6.07 Å². The molecule has 2 aliphatic rings. The lowest BCUT2D eigenvalue weighted by Crippen LogP contribution is -2.14. The van der Waals surface area contributed by atoms with E-state index in [1.54, 1.807) is 12.1 Å². The molecule has 2 nitrogen and oxygen atoms in total. The lowest BCUT2D eigenvalue weighted by atomic mass is 9.79. The molecule has 0 spiro atoms. The number of ether oxygens (including phenoxy) is 1. The Hall–Kier alpha value is -1.71. The first kappa shape index (κ1) is 15.8. The summed E-state index contributed by atoms with van der Waals surface area (Å²) in [4.78, 5) is 0. The third kappa shape index (κ3) is 2.76. The summed E-state index contributed by atoms with van der Waals surface area (Å²) >= 11 is 0. The van der Waals surface area contributed by atoms with Crippen LogP contribution < -0.4 is 0 Å². The van der Waals surface area contributed by atoms with Gasteiger partial charge in [0, 0.05) is 12.5 Å². The van der Waals surface area contributed by atoms with Gasteiger partial charge in [-0.3, -0.25) is 0 Å². The van der Waals surface area contributed by atoms with E-state index in [0.29, 0.717) is 12.5 Å². The summed E-state index contributed by atoms with van der Waals surface area (Å²) in [5.74, 6) is 0.519. The first-order valence-corrected chi connectivity index (χ1v) is 8.86. The Labute approximate surface area is 142 Å². The average molecular weight is 326 g/mol. The standard InChI is InChI=1S/C21H23FO2/c22-17-9-8-15-11-14-5-1-2-7-18(14)20-16(6-3-4-10-23)13-24-21(20)19(15)12-17/h1-2,5,7-9,12,16,20-21,23H,3-4,6,10-11,13H2/t16?,20-,21-/m1/s1. The molecule has 1 unspecified atom stereocenters. The predicted molar refractivity (Wildman–Crippen MR) is 91.5 cm³/mol. The average Bonchev–Trinajstić information content (AvgIpc) is 2.95. The molecule has 1 saturated heterocycles. The quantitative estimate of drug-likeness (QED) is 0.846. The number of hydrogen-bond donors (Lipinski definition) is 1. The fourth-order valence-electron chi connectivity index (χ4n) is 4.38. The molecule has 1 aliphatic carbocycles. The highest BCUT2D eigenvalue weighted by atomic mass is 19.1. The van der Waals surface area contributed by atoms with Crippen molar-refractivity contribution in [3.63, 3.8) is 0 Å². The molecule has 1 fully saturated rings. The highest BCUT2D eigenvalue weighted by Crippen LogP contribution is 2.51. The summed E-state index contributed by atoms with van der Waals surface area (Å²) in [5, 5.41) is 9.06. The van der Waals surface area contributed by atoms with Crippen LogP contribution in [0.1, 0.15) is 53.5 Å². The molecule has 0 amide bonds. The SMILES string of the molecule is OCCCCC1CO[C@@H]2c3cc(F)ccc3Cc3ccccc3[C@@H]12. The number of aliphatic hydroxyl groups excluding tert-OH is 1. The molecule has 0 aromatic heterocycles. The molecule has 1 aliphatic heterocycles. The second-order valence-electron chi connectivity index (χ2n) is 6.98. The van der Waals surface area contributed by atoms with Crippen LogP contribution in [-0.4, -0.2) is 18.3 Å². The first-order valence-electron chi connectivity index (χ1n) is 8.86. The van der Waals surface area contributed by atoms with Crippen LogP contribution in [0.2, 0.25) is 0 Å². The molecule has 2 aromatic rings.